The number of carbonyl (C=O) groups is 1. The maximum absolute atomic E-state index is 11.9. The highest BCUT2D eigenvalue weighted by molar-refractivity contribution is 5.81. The van der Waals surface area contributed by atoms with E-state index in [0.29, 0.717) is 0 Å². The summed E-state index contributed by atoms with van der Waals surface area (Å²) in [6, 6.07) is -0.0943. The molecule has 0 radical (unpaired) electrons. The van der Waals surface area contributed by atoms with E-state index in [-0.39, 0.29) is 23.5 Å². The predicted molar refractivity (Wildman–Crippen MR) is 75.5 cm³/mol. The second-order valence-corrected chi connectivity index (χ2v) is 6.05. The number of amides is 1. The van der Waals surface area contributed by atoms with Gasteiger partial charge in [0.2, 0.25) is 0 Å². The molecule has 0 aliphatic heterocycles. The molecule has 0 aliphatic carbocycles. The standard InChI is InChI=1S/C14H30N2O2/c1-7-9-11(16-14(4,5)6)12(17)13(18)15-10(3)8-2/h10-12,16-17H,7-9H2,1-6H3,(H,15,18). The van der Waals surface area contributed by atoms with Gasteiger partial charge in [0.15, 0.2) is 0 Å². The molecule has 3 N–H and O–H groups in total. The average Bonchev–Trinajstić information content (AvgIpc) is 2.25. The lowest BCUT2D eigenvalue weighted by atomic mass is 9.99. The highest BCUT2D eigenvalue weighted by Crippen LogP contribution is 2.10. The second-order valence-electron chi connectivity index (χ2n) is 6.05. The third kappa shape index (κ3) is 6.97. The van der Waals surface area contributed by atoms with Crippen molar-refractivity contribution in [1.82, 2.24) is 10.6 Å². The van der Waals surface area contributed by atoms with Gasteiger partial charge in [-0.1, -0.05) is 20.3 Å². The highest BCUT2D eigenvalue weighted by atomic mass is 16.3. The molecular weight excluding hydrogens is 228 g/mol. The summed E-state index contributed by atoms with van der Waals surface area (Å²) in [5, 5.41) is 16.3. The summed E-state index contributed by atoms with van der Waals surface area (Å²) < 4.78 is 0. The van der Waals surface area contributed by atoms with E-state index in [9.17, 15) is 9.90 Å². The van der Waals surface area contributed by atoms with Gasteiger partial charge in [-0.25, -0.2) is 0 Å². The molecule has 0 saturated heterocycles. The van der Waals surface area contributed by atoms with Gasteiger partial charge in [0.25, 0.3) is 5.91 Å². The van der Waals surface area contributed by atoms with Crippen LogP contribution in [0.4, 0.5) is 0 Å². The van der Waals surface area contributed by atoms with Crippen LogP contribution in [-0.4, -0.2) is 34.7 Å². The van der Waals surface area contributed by atoms with Crippen LogP contribution in [0, 0.1) is 0 Å². The van der Waals surface area contributed by atoms with Crippen molar-refractivity contribution < 1.29 is 9.90 Å². The van der Waals surface area contributed by atoms with Gasteiger partial charge in [-0.05, 0) is 40.5 Å². The number of nitrogens with one attached hydrogen (secondary N) is 2. The fourth-order valence-corrected chi connectivity index (χ4v) is 1.79. The molecule has 0 aromatic rings. The number of aliphatic hydroxyl groups is 1. The van der Waals surface area contributed by atoms with Crippen molar-refractivity contribution in [3.05, 3.63) is 0 Å². The fraction of sp³-hybridized carbons (Fsp3) is 0.929. The highest BCUT2D eigenvalue weighted by Gasteiger charge is 2.28. The van der Waals surface area contributed by atoms with Crippen molar-refractivity contribution in [2.75, 3.05) is 0 Å². The molecule has 4 heteroatoms. The van der Waals surface area contributed by atoms with Gasteiger partial charge in [0.1, 0.15) is 6.10 Å². The van der Waals surface area contributed by atoms with Crippen molar-refractivity contribution in [2.45, 2.75) is 84.5 Å². The summed E-state index contributed by atoms with van der Waals surface area (Å²) in [4.78, 5) is 11.9. The summed E-state index contributed by atoms with van der Waals surface area (Å²) in [6.45, 7) is 12.1. The molecule has 18 heavy (non-hydrogen) atoms. The lowest BCUT2D eigenvalue weighted by Gasteiger charge is -2.31. The Bertz CT molecular complexity index is 249. The van der Waals surface area contributed by atoms with E-state index in [1.54, 1.807) is 0 Å². The molecule has 3 unspecified atom stereocenters. The van der Waals surface area contributed by atoms with Crippen molar-refractivity contribution in [1.29, 1.82) is 0 Å². The summed E-state index contributed by atoms with van der Waals surface area (Å²) in [7, 11) is 0. The molecule has 1 amide bonds. The first-order chi connectivity index (χ1) is 8.21. The molecular formula is C14H30N2O2. The number of hydrogen-bond acceptors (Lipinski definition) is 3. The van der Waals surface area contributed by atoms with Crippen molar-refractivity contribution in [3.63, 3.8) is 0 Å². The smallest absolute Gasteiger partial charge is 0.250 e. The first-order valence-electron chi connectivity index (χ1n) is 6.97. The van der Waals surface area contributed by atoms with Gasteiger partial charge in [0.05, 0.1) is 0 Å². The molecule has 0 rings (SSSR count). The lowest BCUT2D eigenvalue weighted by molar-refractivity contribution is -0.131. The minimum atomic E-state index is -0.988. The van der Waals surface area contributed by atoms with Crippen molar-refractivity contribution >= 4 is 5.91 Å². The molecule has 3 atom stereocenters. The Morgan fingerprint density at radius 1 is 1.28 bits per heavy atom. The minimum Gasteiger partial charge on any atom is -0.382 e. The SMILES string of the molecule is CCCC(NC(C)(C)C)C(O)C(=O)NC(C)CC. The van der Waals surface area contributed by atoms with E-state index in [4.69, 9.17) is 0 Å². The van der Waals surface area contributed by atoms with E-state index >= 15 is 0 Å². The Morgan fingerprint density at radius 3 is 2.22 bits per heavy atom. The summed E-state index contributed by atoms with van der Waals surface area (Å²) in [5.41, 5.74) is -0.114. The fourth-order valence-electron chi connectivity index (χ4n) is 1.79. The van der Waals surface area contributed by atoms with Gasteiger partial charge in [-0.2, -0.15) is 0 Å². The molecule has 0 aliphatic rings. The zero-order chi connectivity index (χ0) is 14.3. The lowest BCUT2D eigenvalue weighted by Crippen LogP contribution is -2.55. The van der Waals surface area contributed by atoms with Crippen LogP contribution in [0.5, 0.6) is 0 Å². The van der Waals surface area contributed by atoms with E-state index in [0.717, 1.165) is 19.3 Å². The number of aliphatic hydroxyl groups excluding tert-OH is 1. The number of carbonyl (C=O) groups excluding carboxylic acids is 1. The largest absolute Gasteiger partial charge is 0.382 e. The Labute approximate surface area is 112 Å². The monoisotopic (exact) mass is 258 g/mol. The quantitative estimate of drug-likeness (QED) is 0.653. The Hall–Kier alpha value is -0.610. The van der Waals surface area contributed by atoms with E-state index in [1.807, 2.05) is 34.6 Å². The predicted octanol–water partition coefficient (Wildman–Crippen LogP) is 1.82. The van der Waals surface area contributed by atoms with Crippen LogP contribution in [0.25, 0.3) is 0 Å². The van der Waals surface area contributed by atoms with Crippen LogP contribution in [-0.2, 0) is 4.79 Å². The Kier molecular flexibility index (Phi) is 7.48. The van der Waals surface area contributed by atoms with Gasteiger partial charge in [0, 0.05) is 17.6 Å². The van der Waals surface area contributed by atoms with E-state index < -0.39 is 6.10 Å². The topological polar surface area (TPSA) is 61.4 Å². The third-order valence-electron chi connectivity index (χ3n) is 2.87. The van der Waals surface area contributed by atoms with Gasteiger partial charge in [-0.15, -0.1) is 0 Å². The first-order valence-corrected chi connectivity index (χ1v) is 6.97. The molecule has 0 fully saturated rings. The Morgan fingerprint density at radius 2 is 1.83 bits per heavy atom. The summed E-state index contributed by atoms with van der Waals surface area (Å²) in [6.07, 6.45) is 1.59. The molecule has 0 saturated carbocycles. The zero-order valence-electron chi connectivity index (χ0n) is 12.7. The first kappa shape index (κ1) is 17.4. The second kappa shape index (κ2) is 7.74. The normalized spacial score (nSPS) is 17.1. The molecule has 0 aromatic carbocycles. The van der Waals surface area contributed by atoms with Gasteiger partial charge >= 0.3 is 0 Å². The van der Waals surface area contributed by atoms with Crippen LogP contribution in [0.15, 0.2) is 0 Å². The minimum absolute atomic E-state index is 0.101. The van der Waals surface area contributed by atoms with Crippen LogP contribution < -0.4 is 10.6 Å². The third-order valence-corrected chi connectivity index (χ3v) is 2.87. The molecule has 0 aromatic heterocycles. The van der Waals surface area contributed by atoms with Crippen LogP contribution in [0.2, 0.25) is 0 Å². The van der Waals surface area contributed by atoms with Gasteiger partial charge < -0.3 is 15.7 Å². The zero-order valence-corrected chi connectivity index (χ0v) is 12.7. The van der Waals surface area contributed by atoms with E-state index in [1.165, 1.54) is 0 Å². The van der Waals surface area contributed by atoms with Crippen LogP contribution >= 0.6 is 0 Å². The summed E-state index contributed by atoms with van der Waals surface area (Å²) >= 11 is 0. The summed E-state index contributed by atoms with van der Waals surface area (Å²) in [5.74, 6) is -0.278. The molecule has 0 bridgehead atoms. The van der Waals surface area contributed by atoms with Crippen molar-refractivity contribution in [3.8, 4) is 0 Å². The molecule has 0 heterocycles. The van der Waals surface area contributed by atoms with Crippen LogP contribution in [0.3, 0.4) is 0 Å². The molecule has 108 valence electrons. The number of hydrogen-bond donors (Lipinski definition) is 3. The van der Waals surface area contributed by atoms with Crippen molar-refractivity contribution in [2.24, 2.45) is 0 Å². The van der Waals surface area contributed by atoms with Gasteiger partial charge in [-0.3, -0.25) is 4.79 Å². The molecule has 4 nitrogen and oxygen atoms in total. The maximum Gasteiger partial charge on any atom is 0.250 e. The average molecular weight is 258 g/mol. The molecule has 0 spiro atoms. The number of rotatable bonds is 7. The Balaban J connectivity index is 4.54. The van der Waals surface area contributed by atoms with E-state index in [2.05, 4.69) is 17.6 Å². The van der Waals surface area contributed by atoms with Crippen LogP contribution in [0.1, 0.15) is 60.8 Å². The maximum atomic E-state index is 11.9.